The number of ether oxygens (including phenoxy) is 3. The quantitative estimate of drug-likeness (QED) is 0.108. The zero-order valence-corrected chi connectivity index (χ0v) is 29.8. The minimum atomic E-state index is -0.207. The molecule has 3 N–H and O–H groups in total. The number of hydrogen-bond donors (Lipinski definition) is 3. The predicted molar refractivity (Wildman–Crippen MR) is 197 cm³/mol. The molecule has 2 bridgehead atoms. The van der Waals surface area contributed by atoms with Gasteiger partial charge in [0.1, 0.15) is 29.9 Å². The summed E-state index contributed by atoms with van der Waals surface area (Å²) in [6, 6.07) is 23.1. The predicted octanol–water partition coefficient (Wildman–Crippen LogP) is 7.38. The van der Waals surface area contributed by atoms with E-state index in [1.54, 1.807) is 6.07 Å². The number of fused-ring (bicyclic) bond motifs is 4. The average Bonchev–Trinajstić information content (AvgIpc) is 3.68. The first-order chi connectivity index (χ1) is 24.5. The van der Waals surface area contributed by atoms with E-state index in [1.807, 2.05) is 0 Å². The number of amides is 1. The molecule has 50 heavy (non-hydrogen) atoms. The van der Waals surface area contributed by atoms with Crippen molar-refractivity contribution < 1.29 is 28.6 Å². The Morgan fingerprint density at radius 3 is 2.54 bits per heavy atom. The van der Waals surface area contributed by atoms with Crippen LogP contribution in [0, 0.1) is 11.8 Å². The molecule has 8 heteroatoms. The van der Waals surface area contributed by atoms with Crippen molar-refractivity contribution in [2.75, 3.05) is 57.9 Å². The Labute approximate surface area is 298 Å². The second-order valence-corrected chi connectivity index (χ2v) is 15.2. The van der Waals surface area contributed by atoms with Gasteiger partial charge in [0.25, 0.3) is 5.91 Å². The Morgan fingerprint density at radius 1 is 1.00 bits per heavy atom. The summed E-state index contributed by atoms with van der Waals surface area (Å²) >= 11 is 0. The summed E-state index contributed by atoms with van der Waals surface area (Å²) in [5, 5.41) is 16.6. The normalized spacial score (nSPS) is 24.3. The second kappa shape index (κ2) is 16.2. The van der Waals surface area contributed by atoms with Gasteiger partial charge in [-0.15, -0.1) is 0 Å². The minimum absolute atomic E-state index is 0.00368. The van der Waals surface area contributed by atoms with Crippen LogP contribution in [0.5, 0.6) is 17.2 Å². The number of phenols is 1. The molecule has 0 radical (unpaired) electrons. The lowest BCUT2D eigenvalue weighted by Crippen LogP contribution is -2.64. The summed E-state index contributed by atoms with van der Waals surface area (Å²) in [7, 11) is 0. The molecule has 8 rings (SSSR count). The van der Waals surface area contributed by atoms with E-state index in [1.165, 1.54) is 73.3 Å². The molecule has 3 aromatic rings. The Bertz CT molecular complexity index is 1550. The van der Waals surface area contributed by atoms with Crippen molar-refractivity contribution in [1.82, 2.24) is 5.32 Å². The molecule has 3 saturated heterocycles. The van der Waals surface area contributed by atoms with Gasteiger partial charge in [-0.3, -0.25) is 4.79 Å². The van der Waals surface area contributed by atoms with Gasteiger partial charge in [0.05, 0.1) is 38.5 Å². The highest BCUT2D eigenvalue weighted by atomic mass is 16.5. The van der Waals surface area contributed by atoms with Crippen LogP contribution in [0.1, 0.15) is 86.9 Å². The number of carbonyl (C=O) groups is 1. The Hall–Kier alpha value is -3.59. The summed E-state index contributed by atoms with van der Waals surface area (Å²) < 4.78 is 20.0. The molecule has 1 saturated carbocycles. The van der Waals surface area contributed by atoms with E-state index in [2.05, 4.69) is 72.2 Å². The smallest absolute Gasteiger partial charge is 0.262 e. The number of benzene rings is 3. The van der Waals surface area contributed by atoms with Crippen LogP contribution in [0.2, 0.25) is 0 Å². The van der Waals surface area contributed by atoms with E-state index in [0.717, 1.165) is 62.3 Å². The number of carbonyl (C=O) groups excluding carboxylic acids is 1. The molecule has 3 atom stereocenters. The van der Waals surface area contributed by atoms with Gasteiger partial charge >= 0.3 is 0 Å². The molecule has 8 nitrogen and oxygen atoms in total. The van der Waals surface area contributed by atoms with Crippen molar-refractivity contribution in [2.24, 2.45) is 11.8 Å². The molecule has 4 aliphatic heterocycles. The first-order valence-corrected chi connectivity index (χ1v) is 19.2. The van der Waals surface area contributed by atoms with E-state index in [9.17, 15) is 9.90 Å². The SMILES string of the molecule is CC[C@@H](NCCc1cc(O)cc2c1OCC(=O)N2)c1ccc(OCCC[N+]23CCC(CC2)[C@H](OCC(c2ccccc2)C2CCCC2)C3)cc1. The number of rotatable bonds is 16. The summed E-state index contributed by atoms with van der Waals surface area (Å²) in [6.07, 6.45) is 11.1. The summed E-state index contributed by atoms with van der Waals surface area (Å²) in [5.74, 6) is 3.50. The zero-order chi connectivity index (χ0) is 34.3. The van der Waals surface area contributed by atoms with Crippen LogP contribution in [-0.2, 0) is 16.0 Å². The molecule has 4 fully saturated rings. The third-order valence-corrected chi connectivity index (χ3v) is 12.0. The average molecular weight is 683 g/mol. The number of nitrogens with zero attached hydrogens (tertiary/aromatic N) is 1. The van der Waals surface area contributed by atoms with Crippen LogP contribution < -0.4 is 20.1 Å². The van der Waals surface area contributed by atoms with E-state index in [0.29, 0.717) is 36.4 Å². The highest BCUT2D eigenvalue weighted by Crippen LogP contribution is 2.41. The first kappa shape index (κ1) is 34.8. The minimum Gasteiger partial charge on any atom is -0.508 e. The van der Waals surface area contributed by atoms with Crippen molar-refractivity contribution in [1.29, 1.82) is 0 Å². The molecule has 5 aliphatic rings. The van der Waals surface area contributed by atoms with Crippen LogP contribution in [0.25, 0.3) is 0 Å². The molecular formula is C42H56N3O5+. The van der Waals surface area contributed by atoms with Gasteiger partial charge in [0, 0.05) is 48.8 Å². The van der Waals surface area contributed by atoms with E-state index in [-0.39, 0.29) is 24.3 Å². The van der Waals surface area contributed by atoms with Gasteiger partial charge in [-0.2, -0.15) is 0 Å². The fourth-order valence-electron chi connectivity index (χ4n) is 9.23. The molecule has 1 amide bonds. The largest absolute Gasteiger partial charge is 0.508 e. The molecule has 0 aromatic heterocycles. The Kier molecular flexibility index (Phi) is 11.3. The van der Waals surface area contributed by atoms with E-state index < -0.39 is 0 Å². The van der Waals surface area contributed by atoms with Crippen molar-refractivity contribution in [2.45, 2.75) is 82.8 Å². The lowest BCUT2D eigenvalue weighted by Gasteiger charge is -2.52. The number of hydrogen-bond acceptors (Lipinski definition) is 6. The molecule has 1 aliphatic carbocycles. The fourth-order valence-corrected chi connectivity index (χ4v) is 9.23. The molecule has 0 spiro atoms. The number of nitrogens with one attached hydrogen (secondary N) is 2. The van der Waals surface area contributed by atoms with Gasteiger partial charge in [0.15, 0.2) is 6.61 Å². The van der Waals surface area contributed by atoms with E-state index >= 15 is 0 Å². The van der Waals surface area contributed by atoms with Crippen LogP contribution in [0.4, 0.5) is 5.69 Å². The lowest BCUT2D eigenvalue weighted by atomic mass is 9.82. The molecule has 1 unspecified atom stereocenters. The van der Waals surface area contributed by atoms with Crippen LogP contribution in [0.3, 0.4) is 0 Å². The van der Waals surface area contributed by atoms with Gasteiger partial charge in [0.2, 0.25) is 0 Å². The molecule has 3 aromatic carbocycles. The van der Waals surface area contributed by atoms with Crippen molar-refractivity contribution in [3.63, 3.8) is 0 Å². The molecular weight excluding hydrogens is 626 g/mol. The van der Waals surface area contributed by atoms with Crippen LogP contribution in [-0.4, -0.2) is 74.1 Å². The van der Waals surface area contributed by atoms with E-state index in [4.69, 9.17) is 14.2 Å². The fraction of sp³-hybridized carbons (Fsp3) is 0.548. The van der Waals surface area contributed by atoms with Crippen LogP contribution in [0.15, 0.2) is 66.7 Å². The Morgan fingerprint density at radius 2 is 1.78 bits per heavy atom. The third kappa shape index (κ3) is 8.30. The van der Waals surface area contributed by atoms with Gasteiger partial charge in [-0.1, -0.05) is 62.2 Å². The standard InChI is InChI=1S/C42H55N3O5/c1-2-38(43-20-17-34-25-35(46)26-39-42(34)50-29-41(47)44-39)32-13-15-36(16-14-32)48-24-8-21-45-22-18-33(19-23-45)40(27-45)49-28-37(31-11-6-7-12-31)30-9-4-3-5-10-30/h3-5,9-10,13-16,25-26,31,33,37-38,40,43H,2,6-8,11-12,17-24,27-29H2,1H3,(H-,44,46,47)/p+1/t33?,37?,38-,40-,45?/m1/s1. The zero-order valence-electron chi connectivity index (χ0n) is 29.8. The van der Waals surface area contributed by atoms with Gasteiger partial charge in [-0.05, 0) is 67.5 Å². The summed E-state index contributed by atoms with van der Waals surface area (Å²) in [6.45, 7) is 9.39. The monoisotopic (exact) mass is 682 g/mol. The van der Waals surface area contributed by atoms with Crippen molar-refractivity contribution >= 4 is 11.6 Å². The maximum atomic E-state index is 11.7. The Balaban J connectivity index is 0.860. The van der Waals surface area contributed by atoms with Gasteiger partial charge < -0.3 is 34.4 Å². The maximum Gasteiger partial charge on any atom is 0.262 e. The third-order valence-electron chi connectivity index (χ3n) is 12.0. The maximum absolute atomic E-state index is 11.7. The highest BCUT2D eigenvalue weighted by Gasteiger charge is 2.46. The topological polar surface area (TPSA) is 89.0 Å². The van der Waals surface area contributed by atoms with Gasteiger partial charge in [-0.25, -0.2) is 0 Å². The molecule has 268 valence electrons. The second-order valence-electron chi connectivity index (χ2n) is 15.2. The number of anilines is 1. The highest BCUT2D eigenvalue weighted by molar-refractivity contribution is 5.96. The lowest BCUT2D eigenvalue weighted by molar-refractivity contribution is -0.946. The number of aromatic hydroxyl groups is 1. The van der Waals surface area contributed by atoms with Crippen molar-refractivity contribution in [3.05, 3.63) is 83.4 Å². The first-order valence-electron chi connectivity index (χ1n) is 19.2. The summed E-state index contributed by atoms with van der Waals surface area (Å²) in [4.78, 5) is 11.7. The number of piperidine rings is 3. The number of phenolic OH excluding ortho intramolecular Hbond substituents is 1. The molecule has 4 heterocycles. The summed E-state index contributed by atoms with van der Waals surface area (Å²) in [5.41, 5.74) is 4.10. The van der Waals surface area contributed by atoms with Crippen LogP contribution >= 0.6 is 0 Å². The number of quaternary nitrogens is 1. The van der Waals surface area contributed by atoms with Crippen molar-refractivity contribution in [3.8, 4) is 17.2 Å².